The van der Waals surface area contributed by atoms with Crippen LogP contribution in [0.3, 0.4) is 0 Å². The van der Waals surface area contributed by atoms with Crippen molar-refractivity contribution in [2.75, 3.05) is 0 Å². The first-order chi connectivity index (χ1) is 14.2. The zero-order chi connectivity index (χ0) is 21.7. The fourth-order valence-corrected chi connectivity index (χ4v) is 3.59. The van der Waals surface area contributed by atoms with E-state index >= 15 is 0 Å². The normalized spacial score (nSPS) is 11.1. The van der Waals surface area contributed by atoms with Crippen molar-refractivity contribution in [3.63, 3.8) is 0 Å². The van der Waals surface area contributed by atoms with Gasteiger partial charge in [0.15, 0.2) is 0 Å². The van der Waals surface area contributed by atoms with E-state index in [9.17, 15) is 29.7 Å². The second-order valence-electron chi connectivity index (χ2n) is 6.43. The summed E-state index contributed by atoms with van der Waals surface area (Å²) in [5.74, 6) is -2.75. The van der Waals surface area contributed by atoms with Crippen molar-refractivity contribution in [2.24, 2.45) is 0 Å². The van der Waals surface area contributed by atoms with Gasteiger partial charge in [0.25, 0.3) is 0 Å². The van der Waals surface area contributed by atoms with E-state index in [1.54, 1.807) is 0 Å². The fourth-order valence-electron chi connectivity index (χ4n) is 3.26. The molecule has 150 valence electrons. The molecule has 0 amide bonds. The molecule has 0 saturated carbocycles. The first-order valence-electron chi connectivity index (χ1n) is 8.37. The van der Waals surface area contributed by atoms with Gasteiger partial charge in [-0.25, -0.2) is 9.59 Å². The van der Waals surface area contributed by atoms with E-state index in [4.69, 9.17) is 27.6 Å². The van der Waals surface area contributed by atoms with E-state index in [1.807, 2.05) is 0 Å². The van der Waals surface area contributed by atoms with Gasteiger partial charge in [0, 0.05) is 28.6 Å². The Labute approximate surface area is 177 Å². The third kappa shape index (κ3) is 3.14. The minimum atomic E-state index is -1.29. The van der Waals surface area contributed by atoms with E-state index in [1.165, 1.54) is 36.4 Å². The number of carbonyl (C=O) groups is 2. The van der Waals surface area contributed by atoms with Crippen LogP contribution in [0.4, 0.5) is 0 Å². The lowest BCUT2D eigenvalue weighted by Gasteiger charge is -2.18. The Morgan fingerprint density at radius 2 is 1.60 bits per heavy atom. The van der Waals surface area contributed by atoms with Crippen LogP contribution in [0.15, 0.2) is 51.7 Å². The monoisotopic (exact) mass is 444 g/mol. The molecular formula is C21H10Cl2O7. The number of rotatable bonds is 3. The molecule has 1 heterocycles. The standard InChI is InChI=1S/C21H10Cl2O7/c22-13-4-11-17(6-15(13)24)30-18-7-16(25)14(23)5-12(18)19(11)10-3-8(20(26)27)1-2-9(10)21(28)29/h1-7,24H,(H,26,27)(H,28,29). The third-order valence-electron chi connectivity index (χ3n) is 4.61. The number of fused-ring (bicyclic) bond motifs is 2. The lowest BCUT2D eigenvalue weighted by molar-refractivity contribution is 0.0682. The molecule has 9 heteroatoms. The van der Waals surface area contributed by atoms with Crippen LogP contribution < -0.4 is 5.43 Å². The number of aromatic hydroxyl groups is 1. The number of aromatic carboxylic acids is 2. The number of hydrogen-bond acceptors (Lipinski definition) is 5. The number of carboxylic acid groups (broad SMARTS) is 2. The number of carboxylic acids is 2. The van der Waals surface area contributed by atoms with Crippen molar-refractivity contribution in [3.05, 3.63) is 73.9 Å². The Morgan fingerprint density at radius 3 is 2.27 bits per heavy atom. The molecule has 0 spiro atoms. The molecular weight excluding hydrogens is 435 g/mol. The van der Waals surface area contributed by atoms with Gasteiger partial charge in [-0.05, 0) is 35.9 Å². The van der Waals surface area contributed by atoms with Crippen molar-refractivity contribution in [1.29, 1.82) is 0 Å². The van der Waals surface area contributed by atoms with Crippen molar-refractivity contribution in [3.8, 4) is 28.2 Å². The number of phenols is 1. The van der Waals surface area contributed by atoms with Crippen LogP contribution >= 0.6 is 23.2 Å². The highest BCUT2D eigenvalue weighted by molar-refractivity contribution is 6.33. The topological polar surface area (TPSA) is 125 Å². The average Bonchev–Trinajstić information content (AvgIpc) is 2.68. The summed E-state index contributed by atoms with van der Waals surface area (Å²) < 4.78 is 5.72. The molecule has 2 aromatic rings. The van der Waals surface area contributed by atoms with Gasteiger partial charge < -0.3 is 19.7 Å². The van der Waals surface area contributed by atoms with E-state index < -0.39 is 17.4 Å². The molecule has 2 aliphatic rings. The molecule has 0 saturated heterocycles. The maximum atomic E-state index is 12.0. The predicted octanol–water partition coefficient (Wildman–Crippen LogP) is 4.97. The molecule has 0 fully saturated rings. The van der Waals surface area contributed by atoms with Gasteiger partial charge in [0.05, 0.1) is 21.2 Å². The van der Waals surface area contributed by atoms with Crippen molar-refractivity contribution in [1.82, 2.24) is 0 Å². The quantitative estimate of drug-likeness (QED) is 0.380. The van der Waals surface area contributed by atoms with E-state index in [0.717, 1.165) is 6.07 Å². The number of halogens is 2. The molecule has 1 aliphatic carbocycles. The van der Waals surface area contributed by atoms with E-state index in [2.05, 4.69) is 0 Å². The Bertz CT molecular complexity index is 1400. The highest BCUT2D eigenvalue weighted by Gasteiger charge is 2.24. The molecule has 1 aliphatic heterocycles. The maximum absolute atomic E-state index is 12.0. The molecule has 0 aromatic heterocycles. The van der Waals surface area contributed by atoms with Crippen molar-refractivity contribution >= 4 is 46.1 Å². The summed E-state index contributed by atoms with van der Waals surface area (Å²) in [7, 11) is 0. The van der Waals surface area contributed by atoms with Crippen LogP contribution in [-0.2, 0) is 0 Å². The highest BCUT2D eigenvalue weighted by Crippen LogP contribution is 2.44. The molecule has 30 heavy (non-hydrogen) atoms. The van der Waals surface area contributed by atoms with E-state index in [-0.39, 0.29) is 55.0 Å². The molecule has 2 aromatic carbocycles. The number of benzene rings is 3. The fraction of sp³-hybridized carbons (Fsp3) is 0. The summed E-state index contributed by atoms with van der Waals surface area (Å²) >= 11 is 12.1. The largest absolute Gasteiger partial charge is 0.506 e. The minimum Gasteiger partial charge on any atom is -0.506 e. The summed E-state index contributed by atoms with van der Waals surface area (Å²) in [5.41, 5.74) is -0.153. The Hall–Kier alpha value is -3.55. The smallest absolute Gasteiger partial charge is 0.336 e. The van der Waals surface area contributed by atoms with Crippen molar-refractivity contribution in [2.45, 2.75) is 0 Å². The highest BCUT2D eigenvalue weighted by atomic mass is 35.5. The molecule has 0 bridgehead atoms. The average molecular weight is 445 g/mol. The molecule has 0 radical (unpaired) electrons. The first-order valence-corrected chi connectivity index (χ1v) is 9.12. The van der Waals surface area contributed by atoms with Crippen molar-refractivity contribution < 1.29 is 29.3 Å². The third-order valence-corrected chi connectivity index (χ3v) is 5.21. The summed E-state index contributed by atoms with van der Waals surface area (Å²) in [4.78, 5) is 35.4. The summed E-state index contributed by atoms with van der Waals surface area (Å²) in [5, 5.41) is 29.2. The molecule has 0 atom stereocenters. The van der Waals surface area contributed by atoms with Gasteiger partial charge in [0.1, 0.15) is 17.1 Å². The van der Waals surface area contributed by atoms with Crippen LogP contribution in [0.2, 0.25) is 10.0 Å². The zero-order valence-electron chi connectivity index (χ0n) is 14.8. The first kappa shape index (κ1) is 19.8. The Morgan fingerprint density at radius 1 is 0.867 bits per heavy atom. The summed E-state index contributed by atoms with van der Waals surface area (Å²) in [6.45, 7) is 0. The second kappa shape index (κ2) is 7.05. The van der Waals surface area contributed by atoms with Crippen LogP contribution in [0.5, 0.6) is 5.75 Å². The second-order valence-corrected chi connectivity index (χ2v) is 7.24. The van der Waals surface area contributed by atoms with Gasteiger partial charge in [-0.3, -0.25) is 4.79 Å². The van der Waals surface area contributed by atoms with Crippen LogP contribution in [0.25, 0.3) is 33.4 Å². The van der Waals surface area contributed by atoms with Gasteiger partial charge >= 0.3 is 11.9 Å². The molecule has 3 N–H and O–H groups in total. The molecule has 7 nitrogen and oxygen atoms in total. The number of hydrogen-bond donors (Lipinski definition) is 3. The Balaban J connectivity index is 2.27. The predicted molar refractivity (Wildman–Crippen MR) is 110 cm³/mol. The molecule has 4 rings (SSSR count). The SMILES string of the molecule is O=C(O)c1ccc(C(=O)O)c(-c2c3cc(Cl)c(=O)cc-3oc3cc(O)c(Cl)cc23)c1. The van der Waals surface area contributed by atoms with Gasteiger partial charge in [-0.2, -0.15) is 0 Å². The zero-order valence-corrected chi connectivity index (χ0v) is 16.3. The van der Waals surface area contributed by atoms with Gasteiger partial charge in [-0.15, -0.1) is 0 Å². The summed E-state index contributed by atoms with van der Waals surface area (Å²) in [6, 6.07) is 8.59. The molecule has 0 unspecified atom stereocenters. The summed E-state index contributed by atoms with van der Waals surface area (Å²) in [6.07, 6.45) is 0. The van der Waals surface area contributed by atoms with Gasteiger partial charge in [0.2, 0.25) is 5.43 Å². The lowest BCUT2D eigenvalue weighted by atomic mass is 9.89. The Kier molecular flexibility index (Phi) is 4.64. The van der Waals surface area contributed by atoms with E-state index in [0.29, 0.717) is 5.39 Å². The number of phenolic OH excluding ortho intramolecular Hbond substituents is 1. The maximum Gasteiger partial charge on any atom is 0.336 e. The van der Waals surface area contributed by atoms with Crippen LogP contribution in [0, 0.1) is 0 Å². The minimum absolute atomic E-state index is 0.0314. The van der Waals surface area contributed by atoms with Crippen LogP contribution in [0.1, 0.15) is 20.7 Å². The lowest BCUT2D eigenvalue weighted by Crippen LogP contribution is -2.06. The van der Waals surface area contributed by atoms with Crippen LogP contribution in [-0.4, -0.2) is 27.3 Å². The van der Waals surface area contributed by atoms with Gasteiger partial charge in [-0.1, -0.05) is 23.2 Å².